The second-order valence-corrected chi connectivity index (χ2v) is 7.44. The molecule has 0 radical (unpaired) electrons. The number of urea groups is 1. The van der Waals surface area contributed by atoms with Crippen LogP contribution >= 0.6 is 11.6 Å². The lowest BCUT2D eigenvalue weighted by Gasteiger charge is -2.23. The van der Waals surface area contributed by atoms with Gasteiger partial charge in [0.1, 0.15) is 6.04 Å². The van der Waals surface area contributed by atoms with Gasteiger partial charge in [0.05, 0.1) is 6.67 Å². The van der Waals surface area contributed by atoms with Gasteiger partial charge in [-0.3, -0.25) is 19.4 Å². The van der Waals surface area contributed by atoms with Crippen molar-refractivity contribution < 1.29 is 14.4 Å². The van der Waals surface area contributed by atoms with Crippen molar-refractivity contribution in [2.45, 2.75) is 19.5 Å². The van der Waals surface area contributed by atoms with Gasteiger partial charge in [-0.1, -0.05) is 23.7 Å². The highest BCUT2D eigenvalue weighted by molar-refractivity contribution is 6.30. The number of carbonyl (C=O) groups is 3. The van der Waals surface area contributed by atoms with Crippen molar-refractivity contribution in [1.82, 2.24) is 15.1 Å². The summed E-state index contributed by atoms with van der Waals surface area (Å²) >= 11 is 5.92. The summed E-state index contributed by atoms with van der Waals surface area (Å²) in [6.45, 7) is 2.41. The molecular weight excluding hydrogens is 392 g/mol. The van der Waals surface area contributed by atoms with Crippen LogP contribution in [0.4, 0.5) is 10.5 Å². The van der Waals surface area contributed by atoms with Crippen molar-refractivity contribution in [1.29, 1.82) is 0 Å². The fourth-order valence-corrected chi connectivity index (χ4v) is 3.43. The van der Waals surface area contributed by atoms with E-state index in [2.05, 4.69) is 5.32 Å². The van der Waals surface area contributed by atoms with Crippen LogP contribution in [0.25, 0.3) is 0 Å². The fourth-order valence-electron chi connectivity index (χ4n) is 3.30. The van der Waals surface area contributed by atoms with Crippen LogP contribution in [0.2, 0.25) is 5.02 Å². The molecule has 0 saturated carbocycles. The molecule has 1 saturated heterocycles. The zero-order valence-corrected chi connectivity index (χ0v) is 17.3. The number of rotatable bonds is 6. The number of nitrogens with one attached hydrogen (secondary N) is 1. The predicted octanol–water partition coefficient (Wildman–Crippen LogP) is 2.95. The number of anilines is 1. The van der Waals surface area contributed by atoms with Crippen LogP contribution in [0.15, 0.2) is 48.5 Å². The third kappa shape index (κ3) is 4.41. The Balaban J connectivity index is 1.67. The minimum atomic E-state index is -0.580. The molecule has 2 aromatic rings. The van der Waals surface area contributed by atoms with E-state index in [0.717, 1.165) is 5.56 Å². The smallest absolute Gasteiger partial charge is 0.333 e. The standard InChI is InChI=1S/C21H23ClN4O3/c1-14-20(28)25(21(29)26(14)18-10-8-17(22)9-11-18)13-24(3)12-15-4-6-16(7-5-15)19(27)23-2/h4-11,14H,12-13H2,1-3H3,(H,23,27)/t14-/m1/s1. The van der Waals surface area contributed by atoms with Crippen LogP contribution in [0, 0.1) is 0 Å². The summed E-state index contributed by atoms with van der Waals surface area (Å²) < 4.78 is 0. The summed E-state index contributed by atoms with van der Waals surface area (Å²) in [6, 6.07) is 13.1. The zero-order valence-electron chi connectivity index (χ0n) is 16.6. The highest BCUT2D eigenvalue weighted by atomic mass is 35.5. The second kappa shape index (κ2) is 8.63. The first-order chi connectivity index (χ1) is 13.8. The Kier molecular flexibility index (Phi) is 6.20. The average Bonchev–Trinajstić information content (AvgIpc) is 2.92. The number of amides is 4. The van der Waals surface area contributed by atoms with E-state index in [0.29, 0.717) is 22.8 Å². The molecule has 0 spiro atoms. The lowest BCUT2D eigenvalue weighted by molar-refractivity contribution is -0.128. The van der Waals surface area contributed by atoms with Crippen LogP contribution in [-0.4, -0.2) is 54.5 Å². The topological polar surface area (TPSA) is 73.0 Å². The number of imide groups is 1. The van der Waals surface area contributed by atoms with Crippen molar-refractivity contribution in [3.8, 4) is 0 Å². The maximum atomic E-state index is 12.9. The summed E-state index contributed by atoms with van der Waals surface area (Å²) in [7, 11) is 3.42. The largest absolute Gasteiger partial charge is 0.355 e. The van der Waals surface area contributed by atoms with Crippen LogP contribution < -0.4 is 10.2 Å². The summed E-state index contributed by atoms with van der Waals surface area (Å²) in [6.07, 6.45) is 0. The Morgan fingerprint density at radius 3 is 2.31 bits per heavy atom. The number of halogens is 1. The molecule has 4 amide bonds. The van der Waals surface area contributed by atoms with Gasteiger partial charge in [0, 0.05) is 29.9 Å². The molecule has 1 aliphatic rings. The quantitative estimate of drug-likeness (QED) is 0.737. The SMILES string of the molecule is CNC(=O)c1ccc(CN(C)CN2C(=O)[C@@H](C)N(c3ccc(Cl)cc3)C2=O)cc1. The molecule has 1 fully saturated rings. The molecule has 0 aromatic heterocycles. The Bertz CT molecular complexity index is 915. The highest BCUT2D eigenvalue weighted by Crippen LogP contribution is 2.27. The molecule has 7 nitrogen and oxygen atoms in total. The van der Waals surface area contributed by atoms with E-state index in [-0.39, 0.29) is 24.5 Å². The van der Waals surface area contributed by atoms with Gasteiger partial charge in [-0.15, -0.1) is 0 Å². The molecule has 29 heavy (non-hydrogen) atoms. The van der Waals surface area contributed by atoms with Gasteiger partial charge in [0.2, 0.25) is 0 Å². The molecule has 3 rings (SSSR count). The lowest BCUT2D eigenvalue weighted by atomic mass is 10.1. The van der Waals surface area contributed by atoms with Gasteiger partial charge in [-0.25, -0.2) is 9.69 Å². The van der Waals surface area contributed by atoms with Gasteiger partial charge in [-0.2, -0.15) is 0 Å². The average molecular weight is 415 g/mol. The molecule has 0 unspecified atom stereocenters. The van der Waals surface area contributed by atoms with E-state index >= 15 is 0 Å². The third-order valence-electron chi connectivity index (χ3n) is 4.83. The Labute approximate surface area is 174 Å². The molecule has 2 aromatic carbocycles. The van der Waals surface area contributed by atoms with E-state index < -0.39 is 6.04 Å². The molecule has 1 aliphatic heterocycles. The van der Waals surface area contributed by atoms with Crippen molar-refractivity contribution in [3.63, 3.8) is 0 Å². The Morgan fingerprint density at radius 1 is 1.10 bits per heavy atom. The number of hydrogen-bond acceptors (Lipinski definition) is 4. The van der Waals surface area contributed by atoms with Crippen LogP contribution in [0.1, 0.15) is 22.8 Å². The fraction of sp³-hybridized carbons (Fsp3) is 0.286. The van der Waals surface area contributed by atoms with Crippen molar-refractivity contribution in [3.05, 3.63) is 64.7 Å². The Morgan fingerprint density at radius 2 is 1.72 bits per heavy atom. The Hall–Kier alpha value is -2.90. The molecule has 1 atom stereocenters. The maximum Gasteiger partial charge on any atom is 0.333 e. The van der Waals surface area contributed by atoms with E-state index in [1.54, 1.807) is 50.4 Å². The molecule has 0 bridgehead atoms. The molecule has 1 N–H and O–H groups in total. The zero-order chi connectivity index (χ0) is 21.1. The highest BCUT2D eigenvalue weighted by Gasteiger charge is 2.43. The molecule has 1 heterocycles. The van der Waals surface area contributed by atoms with E-state index in [1.165, 1.54) is 9.80 Å². The number of carbonyl (C=O) groups excluding carboxylic acids is 3. The maximum absolute atomic E-state index is 12.9. The first-order valence-electron chi connectivity index (χ1n) is 9.21. The van der Waals surface area contributed by atoms with Crippen LogP contribution in [-0.2, 0) is 11.3 Å². The molecule has 0 aliphatic carbocycles. The summed E-state index contributed by atoms with van der Waals surface area (Å²) in [5.41, 5.74) is 2.19. The van der Waals surface area contributed by atoms with Gasteiger partial charge < -0.3 is 5.32 Å². The summed E-state index contributed by atoms with van der Waals surface area (Å²) in [5, 5.41) is 3.15. The summed E-state index contributed by atoms with van der Waals surface area (Å²) in [5.74, 6) is -0.388. The van der Waals surface area contributed by atoms with E-state index in [9.17, 15) is 14.4 Å². The van der Waals surface area contributed by atoms with Gasteiger partial charge in [0.25, 0.3) is 11.8 Å². The van der Waals surface area contributed by atoms with Crippen molar-refractivity contribution in [2.24, 2.45) is 0 Å². The minimum Gasteiger partial charge on any atom is -0.355 e. The third-order valence-corrected chi connectivity index (χ3v) is 5.08. The van der Waals surface area contributed by atoms with Gasteiger partial charge >= 0.3 is 6.03 Å². The minimum absolute atomic E-state index is 0.144. The van der Waals surface area contributed by atoms with E-state index in [4.69, 9.17) is 11.6 Å². The second-order valence-electron chi connectivity index (χ2n) is 7.00. The van der Waals surface area contributed by atoms with Crippen LogP contribution in [0.5, 0.6) is 0 Å². The first-order valence-corrected chi connectivity index (χ1v) is 9.59. The van der Waals surface area contributed by atoms with E-state index in [1.807, 2.05) is 24.1 Å². The van der Waals surface area contributed by atoms with Crippen molar-refractivity contribution in [2.75, 3.05) is 25.7 Å². The van der Waals surface area contributed by atoms with Crippen LogP contribution in [0.3, 0.4) is 0 Å². The number of nitrogens with zero attached hydrogens (tertiary/aromatic N) is 3. The first kappa shape index (κ1) is 20.8. The number of hydrogen-bond donors (Lipinski definition) is 1. The van der Waals surface area contributed by atoms with Crippen molar-refractivity contribution >= 4 is 35.1 Å². The normalized spacial score (nSPS) is 16.7. The molecule has 8 heteroatoms. The monoisotopic (exact) mass is 414 g/mol. The number of benzene rings is 2. The molecular formula is C21H23ClN4O3. The summed E-state index contributed by atoms with van der Waals surface area (Å²) in [4.78, 5) is 41.8. The predicted molar refractivity (Wildman–Crippen MR) is 112 cm³/mol. The van der Waals surface area contributed by atoms with Gasteiger partial charge in [0.15, 0.2) is 0 Å². The molecule has 152 valence electrons. The van der Waals surface area contributed by atoms with Gasteiger partial charge in [-0.05, 0) is 55.9 Å². The lowest BCUT2D eigenvalue weighted by Crippen LogP contribution is -2.40.